The van der Waals surface area contributed by atoms with E-state index >= 15 is 0 Å². The molecule has 3 aliphatic heterocycles. The van der Waals surface area contributed by atoms with Gasteiger partial charge in [0.15, 0.2) is 0 Å². The quantitative estimate of drug-likeness (QED) is 0.164. The number of hydrogen-bond acceptors (Lipinski definition) is 4. The minimum absolute atomic E-state index is 0.00108. The Balaban J connectivity index is 1.22. The maximum atomic E-state index is 7.56. The fourth-order valence-corrected chi connectivity index (χ4v) is 14.3. The van der Waals surface area contributed by atoms with E-state index in [0.29, 0.717) is 0 Å². The summed E-state index contributed by atoms with van der Waals surface area (Å²) in [5.74, 6) is 0. The molecule has 1 atom stereocenters. The van der Waals surface area contributed by atoms with Gasteiger partial charge in [0.1, 0.15) is 5.58 Å². The zero-order valence-electron chi connectivity index (χ0n) is 45.9. The second-order valence-electron chi connectivity index (χ2n) is 26.8. The number of aryl methyl sites for hydroxylation is 1. The van der Waals surface area contributed by atoms with Crippen molar-refractivity contribution in [1.82, 2.24) is 0 Å². The molecule has 2 aliphatic carbocycles. The summed E-state index contributed by atoms with van der Waals surface area (Å²) in [6.45, 7) is 33.8. The Labute approximate surface area is 435 Å². The third kappa shape index (κ3) is 6.52. The predicted molar refractivity (Wildman–Crippen MR) is 311 cm³/mol. The zero-order valence-corrected chi connectivity index (χ0v) is 45.9. The summed E-state index contributed by atoms with van der Waals surface area (Å²) in [4.78, 5) is 7.87. The maximum Gasteiger partial charge on any atom is 0.297 e. The zero-order chi connectivity index (χ0) is 51.1. The number of anilines is 9. The fourth-order valence-electron chi connectivity index (χ4n) is 14.3. The lowest BCUT2D eigenvalue weighted by Gasteiger charge is -2.56. The van der Waals surface area contributed by atoms with E-state index in [-0.39, 0.29) is 39.2 Å². The van der Waals surface area contributed by atoms with E-state index in [0.717, 1.165) is 58.6 Å². The number of para-hydroxylation sites is 2. The highest BCUT2D eigenvalue weighted by Crippen LogP contribution is 2.65. The van der Waals surface area contributed by atoms with E-state index in [2.05, 4.69) is 245 Å². The molecule has 4 nitrogen and oxygen atoms in total. The van der Waals surface area contributed by atoms with Gasteiger partial charge in [0.05, 0.1) is 22.7 Å². The molecule has 0 saturated heterocycles. The molecule has 4 heterocycles. The summed E-state index contributed by atoms with van der Waals surface area (Å²) >= 11 is 0. The van der Waals surface area contributed by atoms with Crippen molar-refractivity contribution in [1.29, 1.82) is 0 Å². The van der Waals surface area contributed by atoms with Gasteiger partial charge >= 0.3 is 0 Å². The first-order valence-electron chi connectivity index (χ1n) is 27.2. The Morgan fingerprint density at radius 2 is 1.03 bits per heavy atom. The minimum atomic E-state index is -0.207. The molecule has 0 saturated carbocycles. The molecule has 8 aromatic rings. The van der Waals surface area contributed by atoms with E-state index in [4.69, 9.17) is 4.42 Å². The van der Waals surface area contributed by atoms with Crippen LogP contribution in [0.4, 0.5) is 51.2 Å². The van der Waals surface area contributed by atoms with Crippen molar-refractivity contribution in [3.05, 3.63) is 178 Å². The molecule has 0 bridgehead atoms. The molecule has 0 spiro atoms. The lowest BCUT2D eigenvalue weighted by atomic mass is 9.34. The first kappa shape index (κ1) is 46.3. The highest BCUT2D eigenvalue weighted by Gasteiger charge is 2.57. The van der Waals surface area contributed by atoms with Gasteiger partial charge in [-0.05, 0) is 176 Å². The van der Waals surface area contributed by atoms with Crippen LogP contribution in [0.15, 0.2) is 138 Å². The lowest BCUT2D eigenvalue weighted by molar-refractivity contribution is 0.311. The summed E-state index contributed by atoms with van der Waals surface area (Å²) in [6, 6.07) is 51.4. The molecule has 0 amide bonds. The first-order valence-corrected chi connectivity index (χ1v) is 27.2. The SMILES string of the molecule is Cc1cc(C(C)(C)C)ccc1N1c2cc(N(c3ccccc3)c3ccccc3)cc3c2B(c2ccc4c5c2N3c2ccc3c(c2C5(C)CCC4(C)C)C(C)(C)CCC3(C)C)c2oc3ccc(C(C)(C)C)cc3c21. The van der Waals surface area contributed by atoms with Gasteiger partial charge < -0.3 is 19.1 Å². The largest absolute Gasteiger partial charge is 0.468 e. The predicted octanol–water partition coefficient (Wildman–Crippen LogP) is 16.9. The van der Waals surface area contributed by atoms with Gasteiger partial charge in [0, 0.05) is 44.9 Å². The summed E-state index contributed by atoms with van der Waals surface area (Å²) < 4.78 is 7.56. The van der Waals surface area contributed by atoms with Crippen molar-refractivity contribution >= 4 is 85.5 Å². The fraction of sp³-hybridized carbons (Fsp3) is 0.353. The van der Waals surface area contributed by atoms with Gasteiger partial charge in [-0.15, -0.1) is 0 Å². The normalized spacial score (nSPS) is 19.5. The van der Waals surface area contributed by atoms with Crippen LogP contribution in [-0.2, 0) is 32.5 Å². The molecule has 13 rings (SSSR count). The summed E-state index contributed by atoms with van der Waals surface area (Å²) in [7, 11) is 0. The molecule has 1 unspecified atom stereocenters. The highest BCUT2D eigenvalue weighted by atomic mass is 16.3. The van der Waals surface area contributed by atoms with Crippen LogP contribution in [0.2, 0.25) is 0 Å². The van der Waals surface area contributed by atoms with Crippen LogP contribution in [0.5, 0.6) is 0 Å². The Kier molecular flexibility index (Phi) is 9.58. The van der Waals surface area contributed by atoms with Crippen LogP contribution in [0.3, 0.4) is 0 Å². The van der Waals surface area contributed by atoms with Crippen molar-refractivity contribution in [3.63, 3.8) is 0 Å². The molecule has 0 radical (unpaired) electrons. The number of fused-ring (bicyclic) bond motifs is 11. The third-order valence-electron chi connectivity index (χ3n) is 18.6. The Morgan fingerprint density at radius 3 is 1.64 bits per heavy atom. The first-order chi connectivity index (χ1) is 34.5. The van der Waals surface area contributed by atoms with Gasteiger partial charge in [-0.3, -0.25) is 0 Å². The molecule has 1 aromatic heterocycles. The standard InChI is InChI=1S/C68H72BN3O/c1-41-37-42(63(2,3)4)25-30-51(41)71-53-39-46(70(44-21-17-15-18-22-44)45-23-19-16-20-24-45)40-54-59(53)69(62-60(71)47-38-43(64(5,6)7)26-32-55(47)73-62)50-29-27-49-57-61(50)72(54)52-31-28-48-56(67(12,13)34-33-65(48,8)9)58(52)68(57,14)36-35-66(49,10)11/h15-32,37-40H,33-36H2,1-14H3. The van der Waals surface area contributed by atoms with Crippen molar-refractivity contribution in [2.75, 3.05) is 14.7 Å². The third-order valence-corrected chi connectivity index (χ3v) is 18.6. The second kappa shape index (κ2) is 15.1. The second-order valence-corrected chi connectivity index (χ2v) is 26.8. The smallest absolute Gasteiger partial charge is 0.297 e. The average Bonchev–Trinajstić information content (AvgIpc) is 3.75. The molecule has 0 fully saturated rings. The van der Waals surface area contributed by atoms with E-state index in [1.54, 1.807) is 11.1 Å². The van der Waals surface area contributed by atoms with Crippen LogP contribution in [-0.4, -0.2) is 6.71 Å². The van der Waals surface area contributed by atoms with E-state index in [9.17, 15) is 0 Å². The molecular formula is C68H72BN3O. The monoisotopic (exact) mass is 958 g/mol. The summed E-state index contributed by atoms with van der Waals surface area (Å²) in [6.07, 6.45) is 4.57. The average molecular weight is 958 g/mol. The number of benzene rings is 7. The van der Waals surface area contributed by atoms with Crippen molar-refractivity contribution < 1.29 is 4.42 Å². The lowest BCUT2D eigenvalue weighted by Crippen LogP contribution is -2.62. The van der Waals surface area contributed by atoms with Crippen LogP contribution in [0.1, 0.15) is 160 Å². The van der Waals surface area contributed by atoms with Gasteiger partial charge in [0.2, 0.25) is 0 Å². The van der Waals surface area contributed by atoms with Crippen LogP contribution < -0.4 is 31.3 Å². The molecule has 5 heteroatoms. The van der Waals surface area contributed by atoms with Crippen LogP contribution >= 0.6 is 0 Å². The number of rotatable bonds is 4. The number of nitrogens with zero attached hydrogens (tertiary/aromatic N) is 3. The van der Waals surface area contributed by atoms with Gasteiger partial charge in [0.25, 0.3) is 6.71 Å². The van der Waals surface area contributed by atoms with Gasteiger partial charge in [-0.1, -0.05) is 163 Å². The molecular weight excluding hydrogens is 886 g/mol. The van der Waals surface area contributed by atoms with E-state index < -0.39 is 0 Å². The Bertz CT molecular complexity index is 3580. The van der Waals surface area contributed by atoms with Gasteiger partial charge in [-0.2, -0.15) is 0 Å². The van der Waals surface area contributed by atoms with Gasteiger partial charge in [-0.25, -0.2) is 0 Å². The minimum Gasteiger partial charge on any atom is -0.468 e. The molecule has 368 valence electrons. The van der Waals surface area contributed by atoms with Crippen molar-refractivity contribution in [2.45, 2.75) is 155 Å². The Hall–Kier alpha value is -6.46. The maximum absolute atomic E-state index is 7.56. The molecule has 5 aliphatic rings. The van der Waals surface area contributed by atoms with Crippen molar-refractivity contribution in [3.8, 4) is 0 Å². The summed E-state index contributed by atoms with van der Waals surface area (Å²) in [5, 5.41) is 1.16. The topological polar surface area (TPSA) is 22.9 Å². The number of furan rings is 1. The molecule has 0 N–H and O–H groups in total. The van der Waals surface area contributed by atoms with Crippen molar-refractivity contribution in [2.24, 2.45) is 0 Å². The van der Waals surface area contributed by atoms with Crippen LogP contribution in [0.25, 0.3) is 11.0 Å². The number of hydrogen-bond donors (Lipinski definition) is 0. The van der Waals surface area contributed by atoms with Crippen LogP contribution in [0, 0.1) is 6.92 Å². The Morgan fingerprint density at radius 1 is 0.493 bits per heavy atom. The van der Waals surface area contributed by atoms with E-state index in [1.807, 2.05) is 0 Å². The highest BCUT2D eigenvalue weighted by molar-refractivity contribution is 7.00. The molecule has 73 heavy (non-hydrogen) atoms. The summed E-state index contributed by atoms with van der Waals surface area (Å²) in [5.41, 5.74) is 26.7. The van der Waals surface area contributed by atoms with E-state index in [1.165, 1.54) is 79.2 Å². The molecule has 7 aromatic carbocycles.